The van der Waals surface area contributed by atoms with Crippen molar-refractivity contribution in [1.29, 1.82) is 0 Å². The second-order valence-electron chi connectivity index (χ2n) is 9.76. The van der Waals surface area contributed by atoms with E-state index in [4.69, 9.17) is 32.8 Å². The predicted octanol–water partition coefficient (Wildman–Crippen LogP) is 6.06. The molecule has 2 aromatic carbocycles. The Labute approximate surface area is 242 Å². The van der Waals surface area contributed by atoms with Crippen LogP contribution in [0.3, 0.4) is 0 Å². The first-order chi connectivity index (χ1) is 18.9. The molecule has 1 amide bonds. The highest BCUT2D eigenvalue weighted by Crippen LogP contribution is 2.33. The van der Waals surface area contributed by atoms with Crippen LogP contribution in [0.5, 0.6) is 5.75 Å². The van der Waals surface area contributed by atoms with E-state index in [0.717, 1.165) is 48.4 Å². The molecule has 2 N–H and O–H groups in total. The Morgan fingerprint density at radius 1 is 1.18 bits per heavy atom. The van der Waals surface area contributed by atoms with Gasteiger partial charge in [-0.3, -0.25) is 4.79 Å². The van der Waals surface area contributed by atoms with E-state index in [2.05, 4.69) is 15.4 Å². The SMILES string of the molecule is CCCOc1ccc([C@@H](O)[C@@H](CN2CCCC2)NC(=O)C2=NOCc3cc(-c4ccc(Cl)s4)ccc32)cc1Cl. The maximum Gasteiger partial charge on any atom is 0.274 e. The topological polar surface area (TPSA) is 83.4 Å². The molecule has 3 heterocycles. The van der Waals surface area contributed by atoms with Crippen LogP contribution in [0.1, 0.15) is 49.0 Å². The van der Waals surface area contributed by atoms with Crippen molar-refractivity contribution in [1.82, 2.24) is 10.2 Å². The summed E-state index contributed by atoms with van der Waals surface area (Å²) in [4.78, 5) is 22.3. The monoisotopic (exact) mass is 587 g/mol. The highest BCUT2D eigenvalue weighted by molar-refractivity contribution is 7.19. The molecule has 206 valence electrons. The summed E-state index contributed by atoms with van der Waals surface area (Å²) in [6, 6.07) is 14.3. The number of aliphatic hydroxyl groups excluding tert-OH is 1. The molecule has 1 saturated heterocycles. The number of fused-ring (bicyclic) bond motifs is 1. The molecule has 1 fully saturated rings. The van der Waals surface area contributed by atoms with Crippen molar-refractivity contribution < 1.29 is 19.5 Å². The van der Waals surface area contributed by atoms with Crippen LogP contribution in [0.2, 0.25) is 9.36 Å². The zero-order valence-corrected chi connectivity index (χ0v) is 24.0. The molecule has 10 heteroatoms. The van der Waals surface area contributed by atoms with Crippen molar-refractivity contribution in [3.8, 4) is 16.2 Å². The van der Waals surface area contributed by atoms with Crippen LogP contribution in [0.4, 0.5) is 0 Å². The van der Waals surface area contributed by atoms with E-state index < -0.39 is 18.1 Å². The Balaban J connectivity index is 1.36. The standard InChI is InChI=1S/C29H31Cl2N3O4S/c1-2-13-37-24-8-6-19(15-22(24)30)28(35)23(16-34-11-3-4-12-34)32-29(36)27-21-7-5-18(14-20(21)17-38-33-27)25-9-10-26(31)39-25/h5-10,14-15,23,28,35H,2-4,11-13,16-17H2,1H3,(H,32,36)/t23-,28-/m1/s1. The van der Waals surface area contributed by atoms with E-state index in [-0.39, 0.29) is 12.3 Å². The van der Waals surface area contributed by atoms with Gasteiger partial charge in [-0.15, -0.1) is 11.3 Å². The van der Waals surface area contributed by atoms with Gasteiger partial charge in [-0.1, -0.05) is 53.5 Å². The lowest BCUT2D eigenvalue weighted by molar-refractivity contribution is -0.116. The minimum atomic E-state index is -0.984. The molecular weight excluding hydrogens is 557 g/mol. The molecule has 2 atom stereocenters. The molecule has 0 saturated carbocycles. The first-order valence-corrected chi connectivity index (χ1v) is 14.7. The number of oxime groups is 1. The summed E-state index contributed by atoms with van der Waals surface area (Å²) >= 11 is 14.1. The number of hydrogen-bond donors (Lipinski definition) is 2. The maximum atomic E-state index is 13.6. The van der Waals surface area contributed by atoms with Gasteiger partial charge in [0.15, 0.2) is 5.71 Å². The summed E-state index contributed by atoms with van der Waals surface area (Å²) in [5.74, 6) is 0.171. The minimum Gasteiger partial charge on any atom is -0.492 e. The molecule has 0 spiro atoms. The number of hydrogen-bond acceptors (Lipinski definition) is 7. The summed E-state index contributed by atoms with van der Waals surface area (Å²) < 4.78 is 6.39. The van der Waals surface area contributed by atoms with Gasteiger partial charge in [0.05, 0.1) is 22.0 Å². The van der Waals surface area contributed by atoms with Crippen LogP contribution in [0.15, 0.2) is 53.7 Å². The molecular formula is C29H31Cl2N3O4S. The molecule has 0 unspecified atom stereocenters. The molecule has 0 radical (unpaired) electrons. The maximum absolute atomic E-state index is 13.6. The first kappa shape index (κ1) is 27.9. The number of amides is 1. The zero-order valence-electron chi connectivity index (χ0n) is 21.7. The number of rotatable bonds is 10. The van der Waals surface area contributed by atoms with Crippen LogP contribution in [-0.2, 0) is 16.2 Å². The van der Waals surface area contributed by atoms with Gasteiger partial charge in [-0.05, 0) is 73.8 Å². The number of likely N-dealkylation sites (tertiary alicyclic amines) is 1. The number of carbonyl (C=O) groups is 1. The summed E-state index contributed by atoms with van der Waals surface area (Å²) in [5, 5.41) is 19.0. The number of halogens is 2. The largest absolute Gasteiger partial charge is 0.492 e. The van der Waals surface area contributed by atoms with Crippen LogP contribution < -0.4 is 10.1 Å². The van der Waals surface area contributed by atoms with Crippen molar-refractivity contribution in [2.24, 2.45) is 5.16 Å². The Kier molecular flexibility index (Phi) is 9.10. The third-order valence-corrected chi connectivity index (χ3v) is 8.49. The van der Waals surface area contributed by atoms with E-state index in [1.54, 1.807) is 18.2 Å². The fourth-order valence-corrected chi connectivity index (χ4v) is 6.20. The number of carbonyl (C=O) groups excluding carboxylic acids is 1. The van der Waals surface area contributed by atoms with Crippen molar-refractivity contribution in [2.75, 3.05) is 26.2 Å². The van der Waals surface area contributed by atoms with Crippen molar-refractivity contribution in [3.63, 3.8) is 0 Å². The third kappa shape index (κ3) is 6.58. The fraction of sp³-hybridized carbons (Fsp3) is 0.379. The van der Waals surface area contributed by atoms with Gasteiger partial charge in [0.1, 0.15) is 18.5 Å². The van der Waals surface area contributed by atoms with Crippen molar-refractivity contribution in [3.05, 3.63) is 74.6 Å². The molecule has 1 aromatic heterocycles. The number of aliphatic hydroxyl groups is 1. The number of nitrogens with one attached hydrogen (secondary N) is 1. The van der Waals surface area contributed by atoms with E-state index in [1.165, 1.54) is 11.3 Å². The van der Waals surface area contributed by atoms with Crippen LogP contribution >= 0.6 is 34.5 Å². The van der Waals surface area contributed by atoms with Gasteiger partial charge in [0, 0.05) is 22.5 Å². The Bertz CT molecular complexity index is 1360. The van der Waals surface area contributed by atoms with Gasteiger partial charge in [0.25, 0.3) is 5.91 Å². The van der Waals surface area contributed by atoms with E-state index >= 15 is 0 Å². The number of benzene rings is 2. The summed E-state index contributed by atoms with van der Waals surface area (Å²) in [5.41, 5.74) is 3.37. The first-order valence-electron chi connectivity index (χ1n) is 13.2. The Hall–Kier alpha value is -2.62. The van der Waals surface area contributed by atoms with Crippen molar-refractivity contribution >= 4 is 46.2 Å². The molecule has 0 bridgehead atoms. The molecule has 0 aliphatic carbocycles. The molecule has 39 heavy (non-hydrogen) atoms. The summed E-state index contributed by atoms with van der Waals surface area (Å²) in [7, 11) is 0. The third-order valence-electron chi connectivity index (χ3n) is 6.92. The second-order valence-corrected chi connectivity index (χ2v) is 11.9. The lowest BCUT2D eigenvalue weighted by atomic mass is 9.97. The second kappa shape index (κ2) is 12.7. The quantitative estimate of drug-likeness (QED) is 0.301. The zero-order chi connectivity index (χ0) is 27.4. The molecule has 7 nitrogen and oxygen atoms in total. The van der Waals surface area contributed by atoms with Gasteiger partial charge in [0.2, 0.25) is 0 Å². The lowest BCUT2D eigenvalue weighted by Crippen LogP contribution is -2.49. The average Bonchev–Trinajstić information content (AvgIpc) is 3.62. The predicted molar refractivity (Wildman–Crippen MR) is 156 cm³/mol. The highest BCUT2D eigenvalue weighted by atomic mass is 35.5. The van der Waals surface area contributed by atoms with Gasteiger partial charge >= 0.3 is 0 Å². The fourth-order valence-electron chi connectivity index (χ4n) is 4.91. The van der Waals surface area contributed by atoms with E-state index in [0.29, 0.717) is 39.4 Å². The number of nitrogens with zero attached hydrogens (tertiary/aromatic N) is 2. The van der Waals surface area contributed by atoms with Crippen LogP contribution in [0.25, 0.3) is 10.4 Å². The van der Waals surface area contributed by atoms with Gasteiger partial charge < -0.3 is 24.9 Å². The summed E-state index contributed by atoms with van der Waals surface area (Å²) in [6.07, 6.45) is 2.07. The Morgan fingerprint density at radius 2 is 2.00 bits per heavy atom. The lowest BCUT2D eigenvalue weighted by Gasteiger charge is -2.29. The van der Waals surface area contributed by atoms with Crippen LogP contribution in [-0.4, -0.2) is 53.9 Å². The van der Waals surface area contributed by atoms with Crippen molar-refractivity contribution in [2.45, 2.75) is 44.9 Å². The van der Waals surface area contributed by atoms with E-state index in [9.17, 15) is 9.90 Å². The molecule has 3 aromatic rings. The van der Waals surface area contributed by atoms with Crippen LogP contribution in [0, 0.1) is 0 Å². The molecule has 5 rings (SSSR count). The van der Waals surface area contributed by atoms with Gasteiger partial charge in [-0.2, -0.15) is 0 Å². The Morgan fingerprint density at radius 3 is 2.72 bits per heavy atom. The van der Waals surface area contributed by atoms with E-state index in [1.807, 2.05) is 37.3 Å². The average molecular weight is 589 g/mol. The molecule has 2 aliphatic rings. The minimum absolute atomic E-state index is 0.187. The number of thiophene rings is 1. The highest BCUT2D eigenvalue weighted by Gasteiger charge is 2.31. The number of ether oxygens (including phenoxy) is 1. The van der Waals surface area contributed by atoms with Gasteiger partial charge in [-0.25, -0.2) is 0 Å². The smallest absolute Gasteiger partial charge is 0.274 e. The molecule has 2 aliphatic heterocycles. The summed E-state index contributed by atoms with van der Waals surface area (Å²) in [6.45, 7) is 5.19. The normalized spacial score (nSPS) is 16.7.